The Kier molecular flexibility index (Phi) is 4.48. The normalized spacial score (nSPS) is 10.5. The van der Waals surface area contributed by atoms with E-state index in [4.69, 9.17) is 9.84 Å². The molecule has 0 bridgehead atoms. The molecule has 0 aliphatic heterocycles. The van der Waals surface area contributed by atoms with Gasteiger partial charge in [-0.3, -0.25) is 4.79 Å². The van der Waals surface area contributed by atoms with Crippen LogP contribution in [0, 0.1) is 0 Å². The van der Waals surface area contributed by atoms with Crippen molar-refractivity contribution in [1.29, 1.82) is 0 Å². The molecule has 0 atom stereocenters. The van der Waals surface area contributed by atoms with Gasteiger partial charge in [0.2, 0.25) is 0 Å². The SMILES string of the molecule is CCc1cc(C(=O)C(=O)O)cc(C(C)C)c1OC. The van der Waals surface area contributed by atoms with E-state index < -0.39 is 11.8 Å². The van der Waals surface area contributed by atoms with E-state index in [9.17, 15) is 9.59 Å². The van der Waals surface area contributed by atoms with Crippen LogP contribution < -0.4 is 4.74 Å². The summed E-state index contributed by atoms with van der Waals surface area (Å²) in [5.74, 6) is -1.41. The van der Waals surface area contributed by atoms with Crippen molar-refractivity contribution in [1.82, 2.24) is 0 Å². The molecular formula is C14H18O4. The van der Waals surface area contributed by atoms with E-state index in [2.05, 4.69) is 0 Å². The van der Waals surface area contributed by atoms with Gasteiger partial charge in [0.15, 0.2) is 0 Å². The van der Waals surface area contributed by atoms with E-state index in [1.165, 1.54) is 0 Å². The molecule has 0 amide bonds. The highest BCUT2D eigenvalue weighted by Gasteiger charge is 2.20. The van der Waals surface area contributed by atoms with Crippen LogP contribution in [0.2, 0.25) is 0 Å². The van der Waals surface area contributed by atoms with Gasteiger partial charge in [-0.2, -0.15) is 0 Å². The van der Waals surface area contributed by atoms with E-state index in [1.54, 1.807) is 19.2 Å². The molecule has 0 aliphatic rings. The van der Waals surface area contributed by atoms with Crippen LogP contribution in [0.25, 0.3) is 0 Å². The number of carbonyl (C=O) groups is 2. The van der Waals surface area contributed by atoms with Crippen LogP contribution in [-0.4, -0.2) is 24.0 Å². The summed E-state index contributed by atoms with van der Waals surface area (Å²) in [6.07, 6.45) is 0.684. The summed E-state index contributed by atoms with van der Waals surface area (Å²) in [5.41, 5.74) is 1.93. The van der Waals surface area contributed by atoms with Gasteiger partial charge >= 0.3 is 5.97 Å². The lowest BCUT2D eigenvalue weighted by Gasteiger charge is -2.16. The van der Waals surface area contributed by atoms with Gasteiger partial charge in [-0.25, -0.2) is 4.79 Å². The van der Waals surface area contributed by atoms with Gasteiger partial charge in [0.25, 0.3) is 5.78 Å². The van der Waals surface area contributed by atoms with Gasteiger partial charge in [-0.15, -0.1) is 0 Å². The Morgan fingerprint density at radius 2 is 1.94 bits per heavy atom. The minimum absolute atomic E-state index is 0.159. The van der Waals surface area contributed by atoms with Gasteiger partial charge < -0.3 is 9.84 Å². The van der Waals surface area contributed by atoms with Crippen molar-refractivity contribution in [2.45, 2.75) is 33.1 Å². The lowest BCUT2D eigenvalue weighted by Crippen LogP contribution is -2.14. The maximum absolute atomic E-state index is 11.5. The number of hydrogen-bond acceptors (Lipinski definition) is 3. The van der Waals surface area contributed by atoms with E-state index in [0.29, 0.717) is 6.42 Å². The van der Waals surface area contributed by atoms with Gasteiger partial charge in [0.05, 0.1) is 7.11 Å². The zero-order valence-electron chi connectivity index (χ0n) is 11.1. The molecule has 0 unspecified atom stereocenters. The fourth-order valence-electron chi connectivity index (χ4n) is 1.91. The number of methoxy groups -OCH3 is 1. The predicted octanol–water partition coefficient (Wildman–Crippen LogP) is 2.65. The first-order valence-corrected chi connectivity index (χ1v) is 5.90. The number of aliphatic carboxylic acids is 1. The molecule has 0 heterocycles. The number of rotatable bonds is 5. The Balaban J connectivity index is 3.45. The summed E-state index contributed by atoms with van der Waals surface area (Å²) in [4.78, 5) is 22.3. The number of carboxylic acid groups (broad SMARTS) is 1. The van der Waals surface area contributed by atoms with Gasteiger partial charge in [-0.05, 0) is 35.6 Å². The van der Waals surface area contributed by atoms with Gasteiger partial charge in [-0.1, -0.05) is 20.8 Å². The number of ketones is 1. The first-order valence-electron chi connectivity index (χ1n) is 5.90. The molecule has 1 rings (SSSR count). The van der Waals surface area contributed by atoms with E-state index in [0.717, 1.165) is 16.9 Å². The number of hydrogen-bond donors (Lipinski definition) is 1. The second-order valence-corrected chi connectivity index (χ2v) is 4.40. The van der Waals surface area contributed by atoms with E-state index >= 15 is 0 Å². The topological polar surface area (TPSA) is 63.6 Å². The Labute approximate surface area is 107 Å². The first-order chi connectivity index (χ1) is 8.42. The van der Waals surface area contributed by atoms with Crippen LogP contribution in [0.3, 0.4) is 0 Å². The minimum Gasteiger partial charge on any atom is -0.496 e. The average Bonchev–Trinajstić information content (AvgIpc) is 2.35. The van der Waals surface area contributed by atoms with Crippen LogP contribution in [0.1, 0.15) is 48.2 Å². The molecule has 0 aromatic heterocycles. The molecule has 98 valence electrons. The largest absolute Gasteiger partial charge is 0.496 e. The molecule has 0 aliphatic carbocycles. The molecule has 1 N–H and O–H groups in total. The maximum atomic E-state index is 11.5. The lowest BCUT2D eigenvalue weighted by atomic mass is 9.93. The zero-order chi connectivity index (χ0) is 13.9. The zero-order valence-corrected chi connectivity index (χ0v) is 11.1. The number of aryl methyl sites for hydroxylation is 1. The summed E-state index contributed by atoms with van der Waals surface area (Å²) in [5, 5.41) is 8.77. The maximum Gasteiger partial charge on any atom is 0.377 e. The fourth-order valence-corrected chi connectivity index (χ4v) is 1.91. The first kappa shape index (κ1) is 14.2. The monoisotopic (exact) mass is 250 g/mol. The number of carbonyl (C=O) groups excluding carboxylic acids is 1. The Morgan fingerprint density at radius 3 is 2.33 bits per heavy atom. The third-order valence-electron chi connectivity index (χ3n) is 2.86. The van der Waals surface area contributed by atoms with Crippen LogP contribution in [-0.2, 0) is 11.2 Å². The second kappa shape index (κ2) is 5.67. The molecule has 1 aromatic rings. The number of Topliss-reactive ketones (excluding diaryl/α,β-unsaturated/α-hetero) is 1. The molecule has 0 fully saturated rings. The minimum atomic E-state index is -1.43. The Hall–Kier alpha value is -1.84. The highest BCUT2D eigenvalue weighted by atomic mass is 16.5. The predicted molar refractivity (Wildman–Crippen MR) is 68.4 cm³/mol. The lowest BCUT2D eigenvalue weighted by molar-refractivity contribution is -0.131. The molecule has 4 nitrogen and oxygen atoms in total. The van der Waals surface area contributed by atoms with Crippen LogP contribution >= 0.6 is 0 Å². The van der Waals surface area contributed by atoms with Crippen molar-refractivity contribution in [3.8, 4) is 5.75 Å². The molecule has 4 heteroatoms. The molecule has 0 spiro atoms. The van der Waals surface area contributed by atoms with Crippen molar-refractivity contribution < 1.29 is 19.4 Å². The highest BCUT2D eigenvalue weighted by molar-refractivity contribution is 6.39. The van der Waals surface area contributed by atoms with Crippen molar-refractivity contribution in [2.24, 2.45) is 0 Å². The Bertz CT molecular complexity index is 475. The van der Waals surface area contributed by atoms with Crippen LogP contribution in [0.15, 0.2) is 12.1 Å². The summed E-state index contributed by atoms with van der Waals surface area (Å²) < 4.78 is 5.37. The third-order valence-corrected chi connectivity index (χ3v) is 2.86. The second-order valence-electron chi connectivity index (χ2n) is 4.40. The molecule has 0 saturated carbocycles. The van der Waals surface area contributed by atoms with E-state index in [-0.39, 0.29) is 11.5 Å². The summed E-state index contributed by atoms with van der Waals surface area (Å²) in [7, 11) is 1.58. The van der Waals surface area contributed by atoms with Crippen molar-refractivity contribution in [3.63, 3.8) is 0 Å². The average molecular weight is 250 g/mol. The van der Waals surface area contributed by atoms with Gasteiger partial charge in [0.1, 0.15) is 5.75 Å². The highest BCUT2D eigenvalue weighted by Crippen LogP contribution is 2.32. The molecule has 0 saturated heterocycles. The summed E-state index contributed by atoms with van der Waals surface area (Å²) in [6, 6.07) is 3.21. The molecular weight excluding hydrogens is 232 g/mol. The molecule has 0 radical (unpaired) electrons. The van der Waals surface area contributed by atoms with Crippen LogP contribution in [0.4, 0.5) is 0 Å². The van der Waals surface area contributed by atoms with E-state index in [1.807, 2.05) is 20.8 Å². The summed E-state index contributed by atoms with van der Waals surface area (Å²) >= 11 is 0. The number of ether oxygens (including phenoxy) is 1. The summed E-state index contributed by atoms with van der Waals surface area (Å²) in [6.45, 7) is 5.90. The number of benzene rings is 1. The smallest absolute Gasteiger partial charge is 0.377 e. The molecule has 1 aromatic carbocycles. The number of carboxylic acids is 1. The van der Waals surface area contributed by atoms with Crippen molar-refractivity contribution >= 4 is 11.8 Å². The quantitative estimate of drug-likeness (QED) is 0.644. The van der Waals surface area contributed by atoms with Crippen molar-refractivity contribution in [3.05, 3.63) is 28.8 Å². The standard InChI is InChI=1S/C14H18O4/c1-5-9-6-10(12(15)14(16)17)7-11(8(2)3)13(9)18-4/h6-8H,5H2,1-4H3,(H,16,17). The van der Waals surface area contributed by atoms with Gasteiger partial charge in [0, 0.05) is 5.56 Å². The Morgan fingerprint density at radius 1 is 1.33 bits per heavy atom. The third kappa shape index (κ3) is 2.70. The van der Waals surface area contributed by atoms with Crippen LogP contribution in [0.5, 0.6) is 5.75 Å². The fraction of sp³-hybridized carbons (Fsp3) is 0.429. The van der Waals surface area contributed by atoms with Crippen molar-refractivity contribution in [2.75, 3.05) is 7.11 Å². The molecule has 18 heavy (non-hydrogen) atoms.